The zero-order valence-corrected chi connectivity index (χ0v) is 15.7. The number of rotatable bonds is 9. The van der Waals surface area contributed by atoms with Crippen molar-refractivity contribution in [3.8, 4) is 5.69 Å². The highest BCUT2D eigenvalue weighted by atomic mass is 19.1. The van der Waals surface area contributed by atoms with Crippen LogP contribution in [0.25, 0.3) is 5.69 Å². The van der Waals surface area contributed by atoms with E-state index in [9.17, 15) is 9.18 Å². The lowest BCUT2D eigenvalue weighted by Gasteiger charge is -2.12. The lowest BCUT2D eigenvalue weighted by molar-refractivity contribution is -0.158. The van der Waals surface area contributed by atoms with Gasteiger partial charge in [-0.1, -0.05) is 0 Å². The summed E-state index contributed by atoms with van der Waals surface area (Å²) in [7, 11) is 0. The van der Waals surface area contributed by atoms with Gasteiger partial charge < -0.3 is 14.2 Å². The molecular formula is C20H25FN2O4. The van der Waals surface area contributed by atoms with Crippen LogP contribution in [0.15, 0.2) is 24.3 Å². The Kier molecular flexibility index (Phi) is 6.58. The third-order valence-corrected chi connectivity index (χ3v) is 4.57. The minimum atomic E-state index is -0.655. The summed E-state index contributed by atoms with van der Waals surface area (Å²) in [5.41, 5.74) is 3.78. The molecule has 1 aliphatic carbocycles. The highest BCUT2D eigenvalue weighted by molar-refractivity contribution is 5.74. The van der Waals surface area contributed by atoms with E-state index in [0.29, 0.717) is 19.8 Å². The molecule has 3 rings (SSSR count). The maximum Gasteiger partial charge on any atom is 0.335 e. The van der Waals surface area contributed by atoms with Crippen molar-refractivity contribution >= 4 is 5.97 Å². The molecule has 0 saturated heterocycles. The van der Waals surface area contributed by atoms with Gasteiger partial charge in [0, 0.05) is 17.9 Å². The number of hydrogen-bond acceptors (Lipinski definition) is 5. The third-order valence-electron chi connectivity index (χ3n) is 4.57. The fourth-order valence-electron chi connectivity index (χ4n) is 3.18. The second-order valence-corrected chi connectivity index (χ2v) is 6.43. The second kappa shape index (κ2) is 9.10. The molecule has 1 atom stereocenters. The number of esters is 1. The van der Waals surface area contributed by atoms with Crippen molar-refractivity contribution in [1.29, 1.82) is 0 Å². The minimum absolute atomic E-state index is 0.106. The monoisotopic (exact) mass is 376 g/mol. The lowest BCUT2D eigenvalue weighted by Crippen LogP contribution is -2.25. The highest BCUT2D eigenvalue weighted by Crippen LogP contribution is 2.28. The Morgan fingerprint density at radius 3 is 2.78 bits per heavy atom. The van der Waals surface area contributed by atoms with Gasteiger partial charge in [0.1, 0.15) is 18.1 Å². The summed E-state index contributed by atoms with van der Waals surface area (Å²) in [5, 5.41) is 4.61. The van der Waals surface area contributed by atoms with Crippen LogP contribution in [0.4, 0.5) is 4.39 Å². The van der Waals surface area contributed by atoms with Crippen LogP contribution < -0.4 is 0 Å². The molecule has 1 heterocycles. The number of fused-ring (bicyclic) bond motifs is 1. The Bertz CT molecular complexity index is 773. The molecule has 0 bridgehead atoms. The second-order valence-electron chi connectivity index (χ2n) is 6.43. The summed E-state index contributed by atoms with van der Waals surface area (Å²) >= 11 is 0. The number of halogens is 1. The molecule has 1 aliphatic rings. The molecule has 0 saturated carbocycles. The number of carbonyl (C=O) groups excluding carboxylic acids is 1. The van der Waals surface area contributed by atoms with Crippen molar-refractivity contribution in [3.05, 3.63) is 47.0 Å². The quantitative estimate of drug-likeness (QED) is 0.497. The van der Waals surface area contributed by atoms with Crippen LogP contribution in [-0.2, 0) is 38.5 Å². The van der Waals surface area contributed by atoms with Crippen molar-refractivity contribution in [2.24, 2.45) is 0 Å². The molecule has 7 heteroatoms. The average molecular weight is 376 g/mol. The maximum atomic E-state index is 13.2. The van der Waals surface area contributed by atoms with Crippen molar-refractivity contribution in [2.45, 2.75) is 45.8 Å². The van der Waals surface area contributed by atoms with E-state index in [4.69, 9.17) is 14.2 Å². The summed E-state index contributed by atoms with van der Waals surface area (Å²) in [6, 6.07) is 6.23. The van der Waals surface area contributed by atoms with Crippen molar-refractivity contribution in [1.82, 2.24) is 9.78 Å². The van der Waals surface area contributed by atoms with Gasteiger partial charge >= 0.3 is 5.97 Å². The van der Waals surface area contributed by atoms with Gasteiger partial charge in [-0.05, 0) is 57.4 Å². The van der Waals surface area contributed by atoms with Crippen LogP contribution in [0.2, 0.25) is 0 Å². The van der Waals surface area contributed by atoms with E-state index in [1.165, 1.54) is 12.1 Å². The van der Waals surface area contributed by atoms with Crippen molar-refractivity contribution < 1.29 is 23.4 Å². The van der Waals surface area contributed by atoms with Crippen LogP contribution >= 0.6 is 0 Å². The van der Waals surface area contributed by atoms with E-state index < -0.39 is 12.1 Å². The van der Waals surface area contributed by atoms with Crippen molar-refractivity contribution in [2.75, 3.05) is 19.8 Å². The van der Waals surface area contributed by atoms with Gasteiger partial charge in [0.2, 0.25) is 0 Å². The first-order valence-electron chi connectivity index (χ1n) is 9.31. The van der Waals surface area contributed by atoms with Gasteiger partial charge in [-0.3, -0.25) is 0 Å². The van der Waals surface area contributed by atoms with Gasteiger partial charge in [0.05, 0.1) is 18.9 Å². The standard InChI is InChI=1S/C20H25FN2O4/c1-3-25-11-12-26-14(2)20(24)27-13-18-17-5-4-6-19(17)23(22-18)16-9-7-15(21)8-10-16/h7-10,14H,3-6,11-13H2,1-2H3. The Morgan fingerprint density at radius 2 is 2.04 bits per heavy atom. The molecule has 0 amide bonds. The lowest BCUT2D eigenvalue weighted by atomic mass is 10.2. The van der Waals surface area contributed by atoms with E-state index in [1.54, 1.807) is 19.1 Å². The third kappa shape index (κ3) is 4.73. The van der Waals surface area contributed by atoms with Gasteiger partial charge in [-0.15, -0.1) is 0 Å². The number of aromatic nitrogens is 2. The molecule has 0 radical (unpaired) electrons. The fraction of sp³-hybridized carbons (Fsp3) is 0.500. The smallest absolute Gasteiger partial charge is 0.335 e. The summed E-state index contributed by atoms with van der Waals surface area (Å²) < 4.78 is 31.0. The molecule has 0 fully saturated rings. The topological polar surface area (TPSA) is 62.6 Å². The van der Waals surface area contributed by atoms with Crippen molar-refractivity contribution in [3.63, 3.8) is 0 Å². The first-order chi connectivity index (χ1) is 13.1. The van der Waals surface area contributed by atoms with Gasteiger partial charge in [0.25, 0.3) is 0 Å². The summed E-state index contributed by atoms with van der Waals surface area (Å²) in [6.07, 6.45) is 2.19. The van der Waals surface area contributed by atoms with Crippen LogP contribution in [-0.4, -0.2) is 41.7 Å². The Labute approximate surface area is 158 Å². The van der Waals surface area contributed by atoms with Crippen LogP contribution in [0, 0.1) is 5.82 Å². The Balaban J connectivity index is 1.63. The normalized spacial score (nSPS) is 14.2. The minimum Gasteiger partial charge on any atom is -0.457 e. The zero-order valence-electron chi connectivity index (χ0n) is 15.7. The number of carbonyl (C=O) groups is 1. The number of benzene rings is 1. The van der Waals surface area contributed by atoms with Gasteiger partial charge in [-0.2, -0.15) is 5.10 Å². The molecule has 27 heavy (non-hydrogen) atoms. The molecule has 146 valence electrons. The summed E-state index contributed by atoms with van der Waals surface area (Å²) in [5.74, 6) is -0.704. The Hall–Kier alpha value is -2.25. The first kappa shape index (κ1) is 19.5. The maximum absolute atomic E-state index is 13.2. The molecule has 0 aliphatic heterocycles. The highest BCUT2D eigenvalue weighted by Gasteiger charge is 2.24. The molecule has 1 aromatic heterocycles. The molecule has 1 aromatic carbocycles. The molecular weight excluding hydrogens is 351 g/mol. The van der Waals surface area contributed by atoms with E-state index in [-0.39, 0.29) is 12.4 Å². The fourth-order valence-corrected chi connectivity index (χ4v) is 3.18. The predicted molar refractivity (Wildman–Crippen MR) is 97.3 cm³/mol. The molecule has 0 spiro atoms. The number of ether oxygens (including phenoxy) is 3. The number of hydrogen-bond donors (Lipinski definition) is 0. The van der Waals surface area contributed by atoms with Crippen LogP contribution in [0.5, 0.6) is 0 Å². The van der Waals surface area contributed by atoms with Crippen LogP contribution in [0.3, 0.4) is 0 Å². The predicted octanol–water partition coefficient (Wildman–Crippen LogP) is 2.98. The van der Waals surface area contributed by atoms with Gasteiger partial charge in [-0.25, -0.2) is 13.9 Å². The SMILES string of the molecule is CCOCCOC(C)C(=O)OCc1nn(-c2ccc(F)cc2)c2c1CCC2. The molecule has 0 N–H and O–H groups in total. The van der Waals surface area contributed by atoms with E-state index in [0.717, 1.165) is 41.9 Å². The van der Waals surface area contributed by atoms with E-state index >= 15 is 0 Å². The summed E-state index contributed by atoms with van der Waals surface area (Å²) in [4.78, 5) is 12.1. The zero-order chi connectivity index (χ0) is 19.2. The first-order valence-corrected chi connectivity index (χ1v) is 9.31. The molecule has 1 unspecified atom stereocenters. The Morgan fingerprint density at radius 1 is 1.26 bits per heavy atom. The van der Waals surface area contributed by atoms with E-state index in [2.05, 4.69) is 5.10 Å². The van der Waals surface area contributed by atoms with E-state index in [1.807, 2.05) is 11.6 Å². The summed E-state index contributed by atoms with van der Waals surface area (Å²) in [6.45, 7) is 5.08. The molecule has 6 nitrogen and oxygen atoms in total. The largest absolute Gasteiger partial charge is 0.457 e. The molecule has 2 aromatic rings. The average Bonchev–Trinajstić information content (AvgIpc) is 3.27. The van der Waals surface area contributed by atoms with Gasteiger partial charge in [0.15, 0.2) is 6.10 Å². The van der Waals surface area contributed by atoms with Crippen LogP contribution in [0.1, 0.15) is 37.2 Å². The number of nitrogens with zero attached hydrogens (tertiary/aromatic N) is 2.